The molecule has 168 valence electrons. The van der Waals surface area contributed by atoms with Crippen molar-refractivity contribution >= 4 is 0 Å². The molecular formula is C24H30O7. The lowest BCUT2D eigenvalue weighted by Gasteiger charge is -2.40. The normalized spacial score (nSPS) is 31.0. The van der Waals surface area contributed by atoms with E-state index in [1.807, 2.05) is 49.4 Å². The van der Waals surface area contributed by atoms with Crippen LogP contribution >= 0.6 is 0 Å². The number of hydrogen-bond donors (Lipinski definition) is 4. The number of aliphatic hydroxyl groups excluding tert-OH is 4. The van der Waals surface area contributed by atoms with Crippen LogP contribution in [0, 0.1) is 6.92 Å². The first-order valence-electron chi connectivity index (χ1n) is 10.7. The molecule has 0 aromatic heterocycles. The Morgan fingerprint density at radius 2 is 1.77 bits per heavy atom. The van der Waals surface area contributed by atoms with E-state index in [9.17, 15) is 20.4 Å². The summed E-state index contributed by atoms with van der Waals surface area (Å²) in [7, 11) is 0. The molecule has 0 spiro atoms. The summed E-state index contributed by atoms with van der Waals surface area (Å²) in [6.45, 7) is 2.95. The van der Waals surface area contributed by atoms with E-state index >= 15 is 0 Å². The first-order chi connectivity index (χ1) is 15.0. The average molecular weight is 430 g/mol. The number of rotatable bonds is 6. The Morgan fingerprint density at radius 3 is 2.45 bits per heavy atom. The number of aliphatic hydroxyl groups is 4. The molecular weight excluding hydrogens is 400 g/mol. The van der Waals surface area contributed by atoms with E-state index in [2.05, 4.69) is 0 Å². The van der Waals surface area contributed by atoms with Crippen molar-refractivity contribution in [3.63, 3.8) is 0 Å². The largest absolute Gasteiger partial charge is 0.488 e. The molecule has 6 atom stereocenters. The summed E-state index contributed by atoms with van der Waals surface area (Å²) in [5.74, 6) is 0.825. The Kier molecular flexibility index (Phi) is 6.91. The van der Waals surface area contributed by atoms with E-state index in [1.165, 1.54) is 0 Å². The van der Waals surface area contributed by atoms with Crippen molar-refractivity contribution in [2.75, 3.05) is 19.8 Å². The van der Waals surface area contributed by atoms with Crippen molar-refractivity contribution in [1.82, 2.24) is 0 Å². The van der Waals surface area contributed by atoms with Crippen molar-refractivity contribution in [3.05, 3.63) is 64.7 Å². The lowest BCUT2D eigenvalue weighted by molar-refractivity contribution is -0.231. The molecule has 1 unspecified atom stereocenters. The minimum absolute atomic E-state index is 0.114. The fraction of sp³-hybridized carbons (Fsp3) is 0.500. The molecule has 0 aliphatic carbocycles. The van der Waals surface area contributed by atoms with Crippen LogP contribution in [0.3, 0.4) is 0 Å². The standard InChI is InChI=1S/C24H30O7/c1-14-2-5-16(24-23(28)22(27)21(26)20(12-25)31-24)11-17(14)10-15-3-6-18(7-4-15)30-19-8-9-29-13-19/h2-7,11,19-28H,8-10,12-13H2,1H3/t19?,20-,21-,22+,23-,24+/m1/s1. The van der Waals surface area contributed by atoms with E-state index in [4.69, 9.17) is 14.2 Å². The van der Waals surface area contributed by atoms with Gasteiger partial charge in [0.1, 0.15) is 42.4 Å². The zero-order valence-electron chi connectivity index (χ0n) is 17.6. The highest BCUT2D eigenvalue weighted by molar-refractivity contribution is 5.38. The SMILES string of the molecule is Cc1ccc([C@@H]2O[C@H](CO)[C@@H](O)[C@H](O)[C@H]2O)cc1Cc1ccc(OC2CCOC2)cc1. The fourth-order valence-electron chi connectivity index (χ4n) is 4.14. The quantitative estimate of drug-likeness (QED) is 0.547. The Labute approximate surface area is 181 Å². The smallest absolute Gasteiger partial charge is 0.124 e. The zero-order chi connectivity index (χ0) is 22.0. The van der Waals surface area contributed by atoms with Gasteiger partial charge in [-0.25, -0.2) is 0 Å². The third-order valence-corrected chi connectivity index (χ3v) is 6.10. The summed E-state index contributed by atoms with van der Waals surface area (Å²) < 4.78 is 17.0. The van der Waals surface area contributed by atoms with Crippen molar-refractivity contribution in [2.45, 2.75) is 56.4 Å². The second kappa shape index (κ2) is 9.65. The summed E-state index contributed by atoms with van der Waals surface area (Å²) in [4.78, 5) is 0. The lowest BCUT2D eigenvalue weighted by atomic mass is 9.89. The highest BCUT2D eigenvalue weighted by atomic mass is 16.5. The molecule has 2 aliphatic heterocycles. The Balaban J connectivity index is 1.49. The van der Waals surface area contributed by atoms with Gasteiger partial charge in [0.2, 0.25) is 0 Å². The number of aryl methyl sites for hydroxylation is 1. The van der Waals surface area contributed by atoms with Crippen LogP contribution in [0.4, 0.5) is 0 Å². The molecule has 0 amide bonds. The highest BCUT2D eigenvalue weighted by Crippen LogP contribution is 2.33. The van der Waals surface area contributed by atoms with Gasteiger partial charge < -0.3 is 34.6 Å². The maximum absolute atomic E-state index is 10.4. The highest BCUT2D eigenvalue weighted by Gasteiger charge is 2.43. The second-order valence-corrected chi connectivity index (χ2v) is 8.36. The van der Waals surface area contributed by atoms with E-state index in [0.29, 0.717) is 18.6 Å². The van der Waals surface area contributed by atoms with Crippen LogP contribution in [0.2, 0.25) is 0 Å². The van der Waals surface area contributed by atoms with Crippen LogP contribution in [0.25, 0.3) is 0 Å². The molecule has 2 aromatic carbocycles. The van der Waals surface area contributed by atoms with Gasteiger partial charge in [-0.2, -0.15) is 0 Å². The molecule has 2 aromatic rings. The Hall–Kier alpha value is -2.00. The van der Waals surface area contributed by atoms with Gasteiger partial charge in [-0.15, -0.1) is 0 Å². The molecule has 4 N–H and O–H groups in total. The lowest BCUT2D eigenvalue weighted by Crippen LogP contribution is -2.55. The minimum atomic E-state index is -1.39. The van der Waals surface area contributed by atoms with Crippen LogP contribution < -0.4 is 4.74 Å². The monoisotopic (exact) mass is 430 g/mol. The molecule has 0 radical (unpaired) electrons. The molecule has 2 heterocycles. The molecule has 0 saturated carbocycles. The van der Waals surface area contributed by atoms with Gasteiger partial charge in [0.15, 0.2) is 0 Å². The maximum Gasteiger partial charge on any atom is 0.124 e. The van der Waals surface area contributed by atoms with Gasteiger partial charge >= 0.3 is 0 Å². The third kappa shape index (κ3) is 4.92. The van der Waals surface area contributed by atoms with E-state index in [0.717, 1.165) is 35.5 Å². The molecule has 7 nitrogen and oxygen atoms in total. The van der Waals surface area contributed by atoms with E-state index in [-0.39, 0.29) is 6.10 Å². The molecule has 2 fully saturated rings. The second-order valence-electron chi connectivity index (χ2n) is 8.36. The zero-order valence-corrected chi connectivity index (χ0v) is 17.6. The molecule has 0 bridgehead atoms. The topological polar surface area (TPSA) is 109 Å². The van der Waals surface area contributed by atoms with Crippen LogP contribution in [0.5, 0.6) is 5.75 Å². The fourth-order valence-corrected chi connectivity index (χ4v) is 4.14. The maximum atomic E-state index is 10.4. The van der Waals surface area contributed by atoms with Crippen LogP contribution in [-0.4, -0.2) is 70.8 Å². The van der Waals surface area contributed by atoms with Gasteiger partial charge in [-0.3, -0.25) is 0 Å². The van der Waals surface area contributed by atoms with Gasteiger partial charge in [0, 0.05) is 6.42 Å². The Morgan fingerprint density at radius 1 is 1.00 bits per heavy atom. The molecule has 2 saturated heterocycles. The summed E-state index contributed by atoms with van der Waals surface area (Å²) in [5.41, 5.74) is 3.96. The first-order valence-corrected chi connectivity index (χ1v) is 10.7. The molecule has 31 heavy (non-hydrogen) atoms. The summed E-state index contributed by atoms with van der Waals surface area (Å²) in [6, 6.07) is 13.7. The molecule has 7 heteroatoms. The van der Waals surface area contributed by atoms with Gasteiger partial charge in [0.25, 0.3) is 0 Å². The predicted octanol–water partition coefficient (Wildman–Crippen LogP) is 1.27. The minimum Gasteiger partial charge on any atom is -0.488 e. The van der Waals surface area contributed by atoms with E-state index in [1.54, 1.807) is 0 Å². The Bertz CT molecular complexity index is 861. The van der Waals surface area contributed by atoms with Gasteiger partial charge in [-0.1, -0.05) is 30.3 Å². The van der Waals surface area contributed by atoms with Crippen molar-refractivity contribution < 1.29 is 34.6 Å². The summed E-state index contributed by atoms with van der Waals surface area (Å²) >= 11 is 0. The van der Waals surface area contributed by atoms with E-state index < -0.39 is 37.1 Å². The van der Waals surface area contributed by atoms with Crippen LogP contribution in [0.15, 0.2) is 42.5 Å². The summed E-state index contributed by atoms with van der Waals surface area (Å²) in [6.07, 6.45) is -4.09. The van der Waals surface area contributed by atoms with Gasteiger partial charge in [-0.05, 0) is 47.7 Å². The number of hydrogen-bond acceptors (Lipinski definition) is 7. The average Bonchev–Trinajstić information content (AvgIpc) is 3.28. The van der Waals surface area contributed by atoms with Crippen molar-refractivity contribution in [3.8, 4) is 5.75 Å². The molecule has 2 aliphatic rings. The summed E-state index contributed by atoms with van der Waals surface area (Å²) in [5, 5.41) is 40.0. The third-order valence-electron chi connectivity index (χ3n) is 6.10. The van der Waals surface area contributed by atoms with Crippen molar-refractivity contribution in [2.24, 2.45) is 0 Å². The van der Waals surface area contributed by atoms with Crippen molar-refractivity contribution in [1.29, 1.82) is 0 Å². The van der Waals surface area contributed by atoms with Gasteiger partial charge in [0.05, 0.1) is 19.8 Å². The van der Waals surface area contributed by atoms with Crippen LogP contribution in [0.1, 0.15) is 34.8 Å². The van der Waals surface area contributed by atoms with Crippen LogP contribution in [-0.2, 0) is 15.9 Å². The predicted molar refractivity (Wildman–Crippen MR) is 113 cm³/mol. The molecule has 4 rings (SSSR count). The number of ether oxygens (including phenoxy) is 3. The first kappa shape index (κ1) is 22.2. The number of benzene rings is 2.